The predicted molar refractivity (Wildman–Crippen MR) is 127 cm³/mol. The van der Waals surface area contributed by atoms with Crippen LogP contribution in [0.2, 0.25) is 0 Å². The van der Waals surface area contributed by atoms with E-state index >= 15 is 0 Å². The minimum atomic E-state index is -0.332. The Morgan fingerprint density at radius 3 is 1.97 bits per heavy atom. The second-order valence-corrected chi connectivity index (χ2v) is 8.18. The Morgan fingerprint density at radius 1 is 0.853 bits per heavy atom. The zero-order valence-corrected chi connectivity index (χ0v) is 20.3. The van der Waals surface area contributed by atoms with Crippen LogP contribution < -0.4 is 11.4 Å². The van der Waals surface area contributed by atoms with Crippen molar-refractivity contribution in [3.8, 4) is 6.26 Å². The van der Waals surface area contributed by atoms with Gasteiger partial charge < -0.3 is 9.94 Å². The van der Waals surface area contributed by atoms with Gasteiger partial charge in [-0.05, 0) is 51.4 Å². The lowest BCUT2D eigenvalue weighted by atomic mass is 10.1. The molecule has 11 nitrogen and oxygen atoms in total. The lowest BCUT2D eigenvalue weighted by Gasteiger charge is -2.36. The summed E-state index contributed by atoms with van der Waals surface area (Å²) in [4.78, 5) is 34.8. The Bertz CT molecular complexity index is 567. The molecule has 0 saturated carbocycles. The first-order valence-corrected chi connectivity index (χ1v) is 12.3. The van der Waals surface area contributed by atoms with Crippen molar-refractivity contribution in [2.45, 2.75) is 102 Å². The highest BCUT2D eigenvalue weighted by atomic mass is 16.6. The Kier molecular flexibility index (Phi) is 23.9. The summed E-state index contributed by atoms with van der Waals surface area (Å²) in [6.07, 6.45) is 16.6. The third-order valence-corrected chi connectivity index (χ3v) is 5.65. The van der Waals surface area contributed by atoms with E-state index in [1.807, 2.05) is 0 Å². The van der Waals surface area contributed by atoms with Gasteiger partial charge in [-0.15, -0.1) is 0 Å². The fourth-order valence-corrected chi connectivity index (χ4v) is 3.82. The third-order valence-electron chi connectivity index (χ3n) is 5.65. The monoisotopic (exact) mass is 482 g/mol. The van der Waals surface area contributed by atoms with E-state index in [2.05, 4.69) is 20.4 Å². The first-order valence-electron chi connectivity index (χ1n) is 12.3. The van der Waals surface area contributed by atoms with Crippen LogP contribution in [0.4, 0.5) is 0 Å². The molecule has 0 rings (SSSR count). The summed E-state index contributed by atoms with van der Waals surface area (Å²) in [7, 11) is 0. The quantitative estimate of drug-likeness (QED) is 0.0441. The number of nitrogens with two attached hydrogens (primary N) is 1. The summed E-state index contributed by atoms with van der Waals surface area (Å²) in [5, 5.41) is 18.3. The largest absolute Gasteiger partial charge is 0.428 e. The summed E-state index contributed by atoms with van der Waals surface area (Å²) in [6, 6.07) is 0. The van der Waals surface area contributed by atoms with E-state index in [9.17, 15) is 14.8 Å². The molecule has 2 unspecified atom stereocenters. The van der Waals surface area contributed by atoms with Crippen LogP contribution in [0.3, 0.4) is 0 Å². The average molecular weight is 483 g/mol. The third kappa shape index (κ3) is 18.3. The topological polar surface area (TPSA) is 163 Å². The second kappa shape index (κ2) is 25.5. The van der Waals surface area contributed by atoms with Crippen LogP contribution in [0.15, 0.2) is 9.98 Å². The van der Waals surface area contributed by atoms with E-state index in [0.29, 0.717) is 26.2 Å². The van der Waals surface area contributed by atoms with Gasteiger partial charge in [0.1, 0.15) is 12.8 Å². The van der Waals surface area contributed by atoms with Crippen LogP contribution in [-0.2, 0) is 19.2 Å². The van der Waals surface area contributed by atoms with Crippen LogP contribution in [0, 0.1) is 11.5 Å². The molecule has 11 heteroatoms. The highest BCUT2D eigenvalue weighted by molar-refractivity contribution is 5.32. The molecule has 0 fully saturated rings. The molecule has 0 aliphatic carbocycles. The number of aliphatic imine (C=N–C) groups is 2. The molecule has 0 amide bonds. The Labute approximate surface area is 203 Å². The highest BCUT2D eigenvalue weighted by Gasteiger charge is 2.25. The van der Waals surface area contributed by atoms with Gasteiger partial charge in [0.05, 0.1) is 19.3 Å². The molecule has 34 heavy (non-hydrogen) atoms. The molecular weight excluding hydrogens is 440 g/mol. The summed E-state index contributed by atoms with van der Waals surface area (Å²) < 4.78 is 4.71. The lowest BCUT2D eigenvalue weighted by molar-refractivity contribution is -0.116. The SMILES string of the molecule is N#COCCCCCCN(C(CCCCCCN=C=O)NO)C(CCCCCCN=C=O)ON. The van der Waals surface area contributed by atoms with Crippen molar-refractivity contribution in [1.82, 2.24) is 10.4 Å². The zero-order valence-electron chi connectivity index (χ0n) is 20.3. The van der Waals surface area contributed by atoms with E-state index in [1.165, 1.54) is 0 Å². The number of ether oxygens (including phenoxy) is 1. The number of rotatable bonds is 25. The normalized spacial score (nSPS) is 12.4. The molecule has 2 atom stereocenters. The predicted octanol–water partition coefficient (Wildman–Crippen LogP) is 3.44. The highest BCUT2D eigenvalue weighted by Crippen LogP contribution is 2.18. The number of hydrogen-bond acceptors (Lipinski definition) is 11. The van der Waals surface area contributed by atoms with Gasteiger partial charge in [0.25, 0.3) is 6.26 Å². The van der Waals surface area contributed by atoms with Crippen molar-refractivity contribution in [3.63, 3.8) is 0 Å². The fourth-order valence-electron chi connectivity index (χ4n) is 3.82. The summed E-state index contributed by atoms with van der Waals surface area (Å²) in [6.45, 7) is 2.15. The molecule has 0 aromatic heterocycles. The van der Waals surface area contributed by atoms with Gasteiger partial charge in [-0.25, -0.2) is 25.5 Å². The number of unbranched alkanes of at least 4 members (excludes halogenated alkanes) is 9. The summed E-state index contributed by atoms with van der Waals surface area (Å²) >= 11 is 0. The molecule has 0 saturated heterocycles. The van der Waals surface area contributed by atoms with Crippen LogP contribution >= 0.6 is 0 Å². The van der Waals surface area contributed by atoms with Crippen molar-refractivity contribution in [3.05, 3.63) is 0 Å². The summed E-state index contributed by atoms with van der Waals surface area (Å²) in [5.41, 5.74) is 2.44. The molecular formula is C23H42N6O5. The number of hydroxylamine groups is 1. The van der Waals surface area contributed by atoms with Gasteiger partial charge in [0.15, 0.2) is 0 Å². The number of nitrogens with zero attached hydrogens (tertiary/aromatic N) is 4. The van der Waals surface area contributed by atoms with Crippen LogP contribution in [0.5, 0.6) is 0 Å². The van der Waals surface area contributed by atoms with E-state index < -0.39 is 0 Å². The van der Waals surface area contributed by atoms with Crippen molar-refractivity contribution in [1.29, 1.82) is 5.26 Å². The van der Waals surface area contributed by atoms with E-state index in [-0.39, 0.29) is 12.4 Å². The number of carbonyl (C=O) groups excluding carboxylic acids is 2. The molecule has 0 spiro atoms. The smallest absolute Gasteiger partial charge is 0.286 e. The molecule has 0 bridgehead atoms. The maximum Gasteiger partial charge on any atom is 0.286 e. The van der Waals surface area contributed by atoms with Crippen molar-refractivity contribution in [2.24, 2.45) is 15.9 Å². The molecule has 4 N–H and O–H groups in total. The lowest BCUT2D eigenvalue weighted by Crippen LogP contribution is -2.52. The second-order valence-electron chi connectivity index (χ2n) is 8.18. The minimum Gasteiger partial charge on any atom is -0.428 e. The Hall–Kier alpha value is -2.15. The van der Waals surface area contributed by atoms with Gasteiger partial charge >= 0.3 is 0 Å². The number of nitriles is 1. The molecule has 0 aromatic carbocycles. The number of hydrogen-bond donors (Lipinski definition) is 3. The fraction of sp³-hybridized carbons (Fsp3) is 0.870. The van der Waals surface area contributed by atoms with E-state index in [1.54, 1.807) is 18.4 Å². The van der Waals surface area contributed by atoms with Crippen molar-refractivity contribution < 1.29 is 24.4 Å². The molecule has 194 valence electrons. The number of nitrogens with one attached hydrogen (secondary N) is 1. The average Bonchev–Trinajstić information content (AvgIpc) is 2.85. The number of isocyanates is 2. The van der Waals surface area contributed by atoms with Gasteiger partial charge in [-0.3, -0.25) is 9.74 Å². The van der Waals surface area contributed by atoms with Crippen LogP contribution in [0.25, 0.3) is 0 Å². The molecule has 0 radical (unpaired) electrons. The Balaban J connectivity index is 4.67. The molecule has 0 aromatic rings. The maximum absolute atomic E-state index is 10.1. The first kappa shape index (κ1) is 31.9. The van der Waals surface area contributed by atoms with Gasteiger partial charge in [-0.2, -0.15) is 10.7 Å². The first-order chi connectivity index (χ1) is 16.7. The van der Waals surface area contributed by atoms with E-state index in [0.717, 1.165) is 89.9 Å². The van der Waals surface area contributed by atoms with Crippen LogP contribution in [-0.4, -0.2) is 60.9 Å². The van der Waals surface area contributed by atoms with Crippen molar-refractivity contribution >= 4 is 12.2 Å². The minimum absolute atomic E-state index is 0.287. The zero-order chi connectivity index (χ0) is 25.1. The van der Waals surface area contributed by atoms with E-state index in [4.69, 9.17) is 20.7 Å². The van der Waals surface area contributed by atoms with Gasteiger partial charge in [0, 0.05) is 6.54 Å². The maximum atomic E-state index is 10.1. The Morgan fingerprint density at radius 2 is 1.41 bits per heavy atom. The molecule has 0 aliphatic heterocycles. The molecule has 0 heterocycles. The molecule has 0 aliphatic rings. The van der Waals surface area contributed by atoms with Gasteiger partial charge in [-0.1, -0.05) is 38.5 Å². The van der Waals surface area contributed by atoms with Crippen molar-refractivity contribution in [2.75, 3.05) is 26.2 Å². The van der Waals surface area contributed by atoms with Crippen LogP contribution in [0.1, 0.15) is 89.9 Å². The summed E-state index contributed by atoms with van der Waals surface area (Å²) in [5.74, 6) is 5.66. The standard InChI is InChI=1S/C23H42N6O5/c24-19-33-18-12-6-5-11-17-29(22(28-32)13-7-1-3-9-15-26-20-30)23(34-25)14-8-2-4-10-16-27-21-31/h22-23,28,32H,1-18,25H2. The van der Waals surface area contributed by atoms with Gasteiger partial charge in [0.2, 0.25) is 12.2 Å².